The molecule has 1 amide bonds. The third kappa shape index (κ3) is 5.18. The monoisotopic (exact) mass is 328 g/mol. The average Bonchev–Trinajstić information content (AvgIpc) is 2.43. The summed E-state index contributed by atoms with van der Waals surface area (Å²) in [7, 11) is 0. The van der Waals surface area contributed by atoms with Gasteiger partial charge in [0.15, 0.2) is 0 Å². The van der Waals surface area contributed by atoms with Crippen LogP contribution in [0.1, 0.15) is 38.1 Å². The van der Waals surface area contributed by atoms with Gasteiger partial charge in [0.25, 0.3) is 5.91 Å². The predicted octanol–water partition coefficient (Wildman–Crippen LogP) is 2.61. The van der Waals surface area contributed by atoms with Gasteiger partial charge in [0, 0.05) is 12.7 Å². The number of carbonyl (C=O) groups excluding carboxylic acids is 1. The molecule has 22 heavy (non-hydrogen) atoms. The Kier molecular flexibility index (Phi) is 6.17. The van der Waals surface area contributed by atoms with E-state index in [2.05, 4.69) is 10.3 Å². The second-order valence-electron chi connectivity index (χ2n) is 6.09. The van der Waals surface area contributed by atoms with E-state index in [1.165, 1.54) is 26.1 Å². The molecule has 0 aliphatic heterocycles. The SMILES string of the molecule is CC(C)COc1ncc(C(=O)NCC(C)(C)C(=O)O)cc1Cl. The number of nitrogens with one attached hydrogen (secondary N) is 1. The van der Waals surface area contributed by atoms with E-state index in [0.29, 0.717) is 12.5 Å². The van der Waals surface area contributed by atoms with Crippen LogP contribution in [0.5, 0.6) is 5.88 Å². The molecule has 1 rings (SSSR count). The molecule has 122 valence electrons. The van der Waals surface area contributed by atoms with Crippen molar-refractivity contribution in [3.05, 3.63) is 22.8 Å². The number of nitrogens with zero attached hydrogens (tertiary/aromatic N) is 1. The zero-order valence-corrected chi connectivity index (χ0v) is 13.9. The van der Waals surface area contributed by atoms with Gasteiger partial charge in [0.2, 0.25) is 5.88 Å². The summed E-state index contributed by atoms with van der Waals surface area (Å²) in [6, 6.07) is 1.45. The van der Waals surface area contributed by atoms with Gasteiger partial charge in [-0.25, -0.2) is 4.98 Å². The molecule has 0 aliphatic carbocycles. The Morgan fingerprint density at radius 2 is 2.09 bits per heavy atom. The second-order valence-corrected chi connectivity index (χ2v) is 6.49. The lowest BCUT2D eigenvalue weighted by Crippen LogP contribution is -2.38. The van der Waals surface area contributed by atoms with Crippen LogP contribution < -0.4 is 10.1 Å². The van der Waals surface area contributed by atoms with Crippen molar-refractivity contribution < 1.29 is 19.4 Å². The first-order valence-electron chi connectivity index (χ1n) is 6.93. The molecule has 0 aliphatic rings. The number of ether oxygens (including phenoxy) is 1. The highest BCUT2D eigenvalue weighted by Gasteiger charge is 2.27. The highest BCUT2D eigenvalue weighted by molar-refractivity contribution is 6.32. The number of hydrogen-bond donors (Lipinski definition) is 2. The van der Waals surface area contributed by atoms with E-state index in [4.69, 9.17) is 21.4 Å². The van der Waals surface area contributed by atoms with Crippen molar-refractivity contribution in [3.8, 4) is 5.88 Å². The van der Waals surface area contributed by atoms with E-state index in [1.54, 1.807) is 0 Å². The minimum Gasteiger partial charge on any atom is -0.481 e. The van der Waals surface area contributed by atoms with Crippen LogP contribution in [0, 0.1) is 11.3 Å². The van der Waals surface area contributed by atoms with Crippen molar-refractivity contribution in [2.24, 2.45) is 11.3 Å². The third-order valence-corrected chi connectivity index (χ3v) is 3.16. The molecule has 7 heteroatoms. The fourth-order valence-corrected chi connectivity index (χ4v) is 1.60. The number of carbonyl (C=O) groups is 2. The van der Waals surface area contributed by atoms with Gasteiger partial charge in [-0.2, -0.15) is 0 Å². The molecule has 0 aromatic carbocycles. The Morgan fingerprint density at radius 1 is 1.45 bits per heavy atom. The zero-order chi connectivity index (χ0) is 16.9. The van der Waals surface area contributed by atoms with Crippen molar-refractivity contribution in [3.63, 3.8) is 0 Å². The summed E-state index contributed by atoms with van der Waals surface area (Å²) in [4.78, 5) is 27.0. The number of aliphatic carboxylic acids is 1. The summed E-state index contributed by atoms with van der Waals surface area (Å²) in [5, 5.41) is 11.8. The van der Waals surface area contributed by atoms with Crippen LogP contribution in [0.25, 0.3) is 0 Å². The number of halogens is 1. The van der Waals surface area contributed by atoms with E-state index < -0.39 is 17.3 Å². The molecule has 0 fully saturated rings. The topological polar surface area (TPSA) is 88.5 Å². The van der Waals surface area contributed by atoms with Gasteiger partial charge in [-0.3, -0.25) is 9.59 Å². The molecule has 0 radical (unpaired) electrons. The highest BCUT2D eigenvalue weighted by Crippen LogP contribution is 2.23. The molecule has 1 aromatic heterocycles. The van der Waals surface area contributed by atoms with E-state index in [-0.39, 0.29) is 23.0 Å². The van der Waals surface area contributed by atoms with Crippen molar-refractivity contribution in [2.45, 2.75) is 27.7 Å². The Labute approximate surface area is 134 Å². The van der Waals surface area contributed by atoms with Crippen LogP contribution in [0.2, 0.25) is 5.02 Å². The molecular weight excluding hydrogens is 308 g/mol. The quantitative estimate of drug-likeness (QED) is 0.803. The van der Waals surface area contributed by atoms with Crippen LogP contribution in [0.4, 0.5) is 0 Å². The first kappa shape index (κ1) is 18.2. The van der Waals surface area contributed by atoms with Gasteiger partial charge in [-0.1, -0.05) is 25.4 Å². The number of carboxylic acids is 1. The molecule has 0 spiro atoms. The summed E-state index contributed by atoms with van der Waals surface area (Å²) in [5.74, 6) is -0.808. The van der Waals surface area contributed by atoms with Crippen LogP contribution >= 0.6 is 11.6 Å². The molecule has 0 unspecified atom stereocenters. The largest absolute Gasteiger partial charge is 0.481 e. The van der Waals surface area contributed by atoms with Crippen LogP contribution in [0.15, 0.2) is 12.3 Å². The van der Waals surface area contributed by atoms with Crippen LogP contribution in [0.3, 0.4) is 0 Å². The first-order valence-corrected chi connectivity index (χ1v) is 7.31. The average molecular weight is 329 g/mol. The van der Waals surface area contributed by atoms with E-state index >= 15 is 0 Å². The number of hydrogen-bond acceptors (Lipinski definition) is 4. The van der Waals surface area contributed by atoms with Crippen molar-refractivity contribution in [1.29, 1.82) is 0 Å². The number of rotatable bonds is 7. The molecule has 6 nitrogen and oxygen atoms in total. The molecule has 1 heterocycles. The highest BCUT2D eigenvalue weighted by atomic mass is 35.5. The van der Waals surface area contributed by atoms with E-state index in [1.807, 2.05) is 13.8 Å². The normalized spacial score (nSPS) is 11.4. The van der Waals surface area contributed by atoms with Crippen molar-refractivity contribution in [2.75, 3.05) is 13.2 Å². The Hall–Kier alpha value is -1.82. The molecule has 0 atom stereocenters. The van der Waals surface area contributed by atoms with Crippen molar-refractivity contribution in [1.82, 2.24) is 10.3 Å². The molecule has 0 saturated carbocycles. The smallest absolute Gasteiger partial charge is 0.310 e. The fourth-order valence-electron chi connectivity index (χ4n) is 1.38. The maximum absolute atomic E-state index is 12.0. The maximum atomic E-state index is 12.0. The Bertz CT molecular complexity index is 558. The molecule has 0 bridgehead atoms. The van der Waals surface area contributed by atoms with Gasteiger partial charge in [-0.15, -0.1) is 0 Å². The maximum Gasteiger partial charge on any atom is 0.310 e. The van der Waals surface area contributed by atoms with Crippen LogP contribution in [-0.4, -0.2) is 35.1 Å². The van der Waals surface area contributed by atoms with Gasteiger partial charge in [0.05, 0.1) is 17.6 Å². The van der Waals surface area contributed by atoms with Gasteiger partial charge in [0.1, 0.15) is 5.02 Å². The number of amides is 1. The Balaban J connectivity index is 2.71. The van der Waals surface area contributed by atoms with Gasteiger partial charge >= 0.3 is 5.97 Å². The molecule has 0 saturated heterocycles. The number of pyridine rings is 1. The summed E-state index contributed by atoms with van der Waals surface area (Å²) >= 11 is 6.04. The minimum absolute atomic E-state index is 0.00435. The lowest BCUT2D eigenvalue weighted by molar-refractivity contribution is -0.146. The Morgan fingerprint density at radius 3 is 2.59 bits per heavy atom. The number of carboxylic acid groups (broad SMARTS) is 1. The van der Waals surface area contributed by atoms with E-state index in [9.17, 15) is 9.59 Å². The van der Waals surface area contributed by atoms with E-state index in [0.717, 1.165) is 0 Å². The summed E-state index contributed by atoms with van der Waals surface area (Å²) in [6.07, 6.45) is 1.35. The molecule has 2 N–H and O–H groups in total. The van der Waals surface area contributed by atoms with Gasteiger partial charge in [-0.05, 0) is 25.8 Å². The lowest BCUT2D eigenvalue weighted by Gasteiger charge is -2.19. The summed E-state index contributed by atoms with van der Waals surface area (Å²) in [5.41, 5.74) is -0.796. The first-order chi connectivity index (χ1) is 10.1. The summed E-state index contributed by atoms with van der Waals surface area (Å²) < 4.78 is 5.43. The lowest BCUT2D eigenvalue weighted by atomic mass is 9.94. The predicted molar refractivity (Wildman–Crippen MR) is 83.3 cm³/mol. The van der Waals surface area contributed by atoms with Crippen LogP contribution in [-0.2, 0) is 4.79 Å². The number of aromatic nitrogens is 1. The second kappa shape index (κ2) is 7.45. The molecular formula is C15H21ClN2O4. The third-order valence-electron chi connectivity index (χ3n) is 2.89. The van der Waals surface area contributed by atoms with Gasteiger partial charge < -0.3 is 15.2 Å². The minimum atomic E-state index is -1.05. The standard InChI is InChI=1S/C15H21ClN2O4/c1-9(2)7-22-13-11(16)5-10(6-17-13)12(19)18-8-15(3,4)14(20)21/h5-6,9H,7-8H2,1-4H3,(H,18,19)(H,20,21). The van der Waals surface area contributed by atoms with Crippen molar-refractivity contribution >= 4 is 23.5 Å². The molecule has 1 aromatic rings. The fraction of sp³-hybridized carbons (Fsp3) is 0.533. The zero-order valence-electron chi connectivity index (χ0n) is 13.1. The summed E-state index contributed by atoms with van der Waals surface area (Å²) in [6.45, 7) is 7.54.